The highest BCUT2D eigenvalue weighted by atomic mass is 16.5. The summed E-state index contributed by atoms with van der Waals surface area (Å²) in [5.74, 6) is 1.63. The minimum absolute atomic E-state index is 0.593. The number of hydrogen-bond donors (Lipinski definition) is 1. The van der Waals surface area contributed by atoms with Crippen LogP contribution in [0.15, 0.2) is 18.2 Å². The van der Waals surface area contributed by atoms with Crippen LogP contribution in [0.1, 0.15) is 22.4 Å². The molecule has 0 unspecified atom stereocenters. The largest absolute Gasteiger partial charge is 0.439 e. The third-order valence-electron chi connectivity index (χ3n) is 3.09. The van der Waals surface area contributed by atoms with Crippen LogP contribution in [-0.4, -0.2) is 16.3 Å². The summed E-state index contributed by atoms with van der Waals surface area (Å²) in [5.41, 5.74) is 10.1. The maximum absolute atomic E-state index is 6.02. The number of aromatic nitrogens is 2. The summed E-state index contributed by atoms with van der Waals surface area (Å²) in [6, 6.07) is 6.19. The van der Waals surface area contributed by atoms with Crippen molar-refractivity contribution >= 4 is 0 Å². The minimum atomic E-state index is 0.593. The van der Waals surface area contributed by atoms with E-state index in [0.29, 0.717) is 6.54 Å². The first-order valence-corrected chi connectivity index (χ1v) is 6.50. The Morgan fingerprint density at radius 3 is 2.37 bits per heavy atom. The molecule has 0 amide bonds. The molecule has 0 saturated carbocycles. The second-order valence-corrected chi connectivity index (χ2v) is 4.96. The highest BCUT2D eigenvalue weighted by Gasteiger charge is 2.14. The predicted octanol–water partition coefficient (Wildman–Crippen LogP) is 2.64. The van der Waals surface area contributed by atoms with Gasteiger partial charge in [-0.25, -0.2) is 4.68 Å². The normalized spacial score (nSPS) is 10.8. The topological polar surface area (TPSA) is 53.1 Å². The Balaban J connectivity index is 2.37. The SMILES string of the molecule is Cc1cc(C)cc(Oc2c(CCN)c(C)nn2C)c1. The maximum Gasteiger partial charge on any atom is 0.221 e. The van der Waals surface area contributed by atoms with Crippen molar-refractivity contribution in [3.8, 4) is 11.6 Å². The zero-order valence-electron chi connectivity index (χ0n) is 12.0. The monoisotopic (exact) mass is 259 g/mol. The van der Waals surface area contributed by atoms with Crippen molar-refractivity contribution in [2.24, 2.45) is 12.8 Å². The number of nitrogens with two attached hydrogens (primary N) is 1. The fourth-order valence-corrected chi connectivity index (χ4v) is 2.34. The number of benzene rings is 1. The Morgan fingerprint density at radius 2 is 1.79 bits per heavy atom. The fourth-order valence-electron chi connectivity index (χ4n) is 2.34. The maximum atomic E-state index is 6.02. The first-order chi connectivity index (χ1) is 9.01. The van der Waals surface area contributed by atoms with Gasteiger partial charge in [-0.3, -0.25) is 0 Å². The quantitative estimate of drug-likeness (QED) is 0.918. The van der Waals surface area contributed by atoms with Crippen LogP contribution in [0.3, 0.4) is 0 Å². The van der Waals surface area contributed by atoms with Crippen LogP contribution in [0.2, 0.25) is 0 Å². The molecule has 0 aliphatic rings. The van der Waals surface area contributed by atoms with E-state index in [4.69, 9.17) is 10.5 Å². The molecule has 0 aliphatic heterocycles. The van der Waals surface area contributed by atoms with Gasteiger partial charge in [0.1, 0.15) is 5.75 Å². The number of ether oxygens (including phenoxy) is 1. The lowest BCUT2D eigenvalue weighted by Crippen LogP contribution is -2.05. The van der Waals surface area contributed by atoms with E-state index in [1.807, 2.05) is 26.1 Å². The lowest BCUT2D eigenvalue weighted by molar-refractivity contribution is 0.425. The molecule has 4 nitrogen and oxygen atoms in total. The van der Waals surface area contributed by atoms with E-state index in [1.165, 1.54) is 11.1 Å². The highest BCUT2D eigenvalue weighted by molar-refractivity contribution is 5.39. The van der Waals surface area contributed by atoms with Crippen molar-refractivity contribution in [1.29, 1.82) is 0 Å². The van der Waals surface area contributed by atoms with Crippen molar-refractivity contribution in [2.75, 3.05) is 6.54 Å². The second kappa shape index (κ2) is 5.45. The molecule has 2 N–H and O–H groups in total. The zero-order valence-corrected chi connectivity index (χ0v) is 12.0. The van der Waals surface area contributed by atoms with Crippen molar-refractivity contribution in [1.82, 2.24) is 9.78 Å². The molecule has 1 aromatic carbocycles. The lowest BCUT2D eigenvalue weighted by atomic mass is 10.1. The molecule has 1 aromatic heterocycles. The van der Waals surface area contributed by atoms with Gasteiger partial charge in [-0.05, 0) is 57.0 Å². The van der Waals surface area contributed by atoms with E-state index in [2.05, 4.69) is 25.0 Å². The summed E-state index contributed by atoms with van der Waals surface area (Å²) in [4.78, 5) is 0. The van der Waals surface area contributed by atoms with Crippen molar-refractivity contribution in [2.45, 2.75) is 27.2 Å². The Morgan fingerprint density at radius 1 is 1.16 bits per heavy atom. The van der Waals surface area contributed by atoms with Gasteiger partial charge in [-0.1, -0.05) is 6.07 Å². The van der Waals surface area contributed by atoms with Crippen LogP contribution in [0.4, 0.5) is 0 Å². The Bertz CT molecular complexity index is 567. The van der Waals surface area contributed by atoms with Gasteiger partial charge in [0.15, 0.2) is 0 Å². The zero-order chi connectivity index (χ0) is 14.0. The van der Waals surface area contributed by atoms with Crippen LogP contribution in [0.5, 0.6) is 11.6 Å². The summed E-state index contributed by atoms with van der Waals surface area (Å²) in [6.07, 6.45) is 0.778. The van der Waals surface area contributed by atoms with Gasteiger partial charge >= 0.3 is 0 Å². The Hall–Kier alpha value is -1.81. The van der Waals surface area contributed by atoms with Gasteiger partial charge in [0.2, 0.25) is 5.88 Å². The number of nitrogens with zero attached hydrogens (tertiary/aromatic N) is 2. The van der Waals surface area contributed by atoms with Gasteiger partial charge < -0.3 is 10.5 Å². The van der Waals surface area contributed by atoms with E-state index in [1.54, 1.807) is 4.68 Å². The van der Waals surface area contributed by atoms with Crippen molar-refractivity contribution in [3.05, 3.63) is 40.6 Å². The summed E-state index contributed by atoms with van der Waals surface area (Å²) < 4.78 is 7.80. The first kappa shape index (κ1) is 13.6. The molecule has 0 spiro atoms. The van der Waals surface area contributed by atoms with Gasteiger partial charge in [-0.15, -0.1) is 0 Å². The van der Waals surface area contributed by atoms with Gasteiger partial charge in [-0.2, -0.15) is 5.10 Å². The molecular formula is C15H21N3O. The molecule has 0 aliphatic carbocycles. The van der Waals surface area contributed by atoms with Gasteiger partial charge in [0.25, 0.3) is 0 Å². The molecule has 19 heavy (non-hydrogen) atoms. The molecule has 0 atom stereocenters. The smallest absolute Gasteiger partial charge is 0.221 e. The number of hydrogen-bond acceptors (Lipinski definition) is 3. The molecule has 102 valence electrons. The van der Waals surface area contributed by atoms with Gasteiger partial charge in [0.05, 0.1) is 5.69 Å². The third kappa shape index (κ3) is 2.96. The van der Waals surface area contributed by atoms with Crippen molar-refractivity contribution < 1.29 is 4.74 Å². The minimum Gasteiger partial charge on any atom is -0.439 e. The number of rotatable bonds is 4. The van der Waals surface area contributed by atoms with Crippen LogP contribution in [0, 0.1) is 20.8 Å². The third-order valence-corrected chi connectivity index (χ3v) is 3.09. The summed E-state index contributed by atoms with van der Waals surface area (Å²) in [5, 5.41) is 4.41. The van der Waals surface area contributed by atoms with Crippen molar-refractivity contribution in [3.63, 3.8) is 0 Å². The molecular weight excluding hydrogens is 238 g/mol. The van der Waals surface area contributed by atoms with E-state index in [9.17, 15) is 0 Å². The second-order valence-electron chi connectivity index (χ2n) is 4.96. The molecule has 0 radical (unpaired) electrons. The van der Waals surface area contributed by atoms with Gasteiger partial charge in [0, 0.05) is 12.6 Å². The van der Waals surface area contributed by atoms with Crippen LogP contribution in [-0.2, 0) is 13.5 Å². The fraction of sp³-hybridized carbons (Fsp3) is 0.400. The summed E-state index contributed by atoms with van der Waals surface area (Å²) in [7, 11) is 1.89. The first-order valence-electron chi connectivity index (χ1n) is 6.50. The summed E-state index contributed by atoms with van der Waals surface area (Å²) >= 11 is 0. The highest BCUT2D eigenvalue weighted by Crippen LogP contribution is 2.28. The molecule has 0 bridgehead atoms. The average Bonchev–Trinajstić information content (AvgIpc) is 2.55. The van der Waals surface area contributed by atoms with E-state index < -0.39 is 0 Å². The Labute approximate surface area is 114 Å². The molecule has 0 fully saturated rings. The molecule has 2 aromatic rings. The van der Waals surface area contributed by atoms with E-state index in [0.717, 1.165) is 29.3 Å². The lowest BCUT2D eigenvalue weighted by Gasteiger charge is -2.10. The van der Waals surface area contributed by atoms with E-state index in [-0.39, 0.29) is 0 Å². The van der Waals surface area contributed by atoms with Crippen LogP contribution >= 0.6 is 0 Å². The molecule has 1 heterocycles. The molecule has 0 saturated heterocycles. The average molecular weight is 259 g/mol. The van der Waals surface area contributed by atoms with E-state index >= 15 is 0 Å². The predicted molar refractivity (Wildman–Crippen MR) is 76.7 cm³/mol. The summed E-state index contributed by atoms with van der Waals surface area (Å²) in [6.45, 7) is 6.71. The Kier molecular flexibility index (Phi) is 3.90. The number of aryl methyl sites for hydroxylation is 4. The van der Waals surface area contributed by atoms with Crippen LogP contribution in [0.25, 0.3) is 0 Å². The van der Waals surface area contributed by atoms with Crippen LogP contribution < -0.4 is 10.5 Å². The molecule has 2 rings (SSSR count). The molecule has 4 heteroatoms. The standard InChI is InChI=1S/C15H21N3O/c1-10-7-11(2)9-13(8-10)19-15-14(5-6-16)12(3)17-18(15)4/h7-9H,5-6,16H2,1-4H3.